The Bertz CT molecular complexity index is 2790. The lowest BCUT2D eigenvalue weighted by Gasteiger charge is -2.13. The van der Waals surface area contributed by atoms with Crippen LogP contribution in [-0.4, -0.2) is 14.5 Å². The lowest BCUT2D eigenvalue weighted by Crippen LogP contribution is -1.94. The number of benzene rings is 7. The number of aromatic nitrogens is 3. The van der Waals surface area contributed by atoms with Gasteiger partial charge in [-0.2, -0.15) is 0 Å². The standard InChI is InChI=1S/C44H27N3O/c1-2-13-32(14-3-1)47-40-19-8-5-16-34(40)36-26-35-33-15-4-6-17-38(33)45-43(37(35)27-41(36)47)31-12-10-11-30(25-31)28-21-23-29(24-22-28)44-46-39-18-7-9-20-42(39)48-44/h1-27H. The molecule has 4 nitrogen and oxygen atoms in total. The van der Waals surface area contributed by atoms with Gasteiger partial charge in [0.25, 0.3) is 0 Å². The monoisotopic (exact) mass is 613 g/mol. The molecular weight excluding hydrogens is 587 g/mol. The summed E-state index contributed by atoms with van der Waals surface area (Å²) in [6.45, 7) is 0. The molecule has 10 rings (SSSR count). The van der Waals surface area contributed by atoms with Crippen LogP contribution in [0.3, 0.4) is 0 Å². The zero-order valence-electron chi connectivity index (χ0n) is 25.8. The highest BCUT2D eigenvalue weighted by Crippen LogP contribution is 2.40. The average molecular weight is 614 g/mol. The van der Waals surface area contributed by atoms with Crippen molar-refractivity contribution in [3.05, 3.63) is 164 Å². The fraction of sp³-hybridized carbons (Fsp3) is 0. The molecule has 4 heteroatoms. The molecule has 0 radical (unpaired) electrons. The smallest absolute Gasteiger partial charge is 0.227 e. The predicted octanol–water partition coefficient (Wildman–Crippen LogP) is 11.6. The van der Waals surface area contributed by atoms with Gasteiger partial charge in [-0.25, -0.2) is 9.97 Å². The minimum atomic E-state index is 0.627. The molecule has 48 heavy (non-hydrogen) atoms. The van der Waals surface area contributed by atoms with E-state index in [2.05, 4.69) is 149 Å². The molecule has 0 N–H and O–H groups in total. The van der Waals surface area contributed by atoms with Gasteiger partial charge in [-0.15, -0.1) is 0 Å². The molecule has 10 aromatic rings. The van der Waals surface area contributed by atoms with Gasteiger partial charge >= 0.3 is 0 Å². The average Bonchev–Trinajstić information content (AvgIpc) is 3.74. The van der Waals surface area contributed by atoms with Crippen LogP contribution in [0.5, 0.6) is 0 Å². The maximum atomic E-state index is 6.02. The molecule has 224 valence electrons. The van der Waals surface area contributed by atoms with Gasteiger partial charge in [0.1, 0.15) is 5.52 Å². The Balaban J connectivity index is 1.16. The van der Waals surface area contributed by atoms with Gasteiger partial charge < -0.3 is 8.98 Å². The molecular formula is C44H27N3O. The van der Waals surface area contributed by atoms with Crippen molar-refractivity contribution in [1.82, 2.24) is 14.5 Å². The van der Waals surface area contributed by atoms with Crippen LogP contribution in [0.25, 0.3) is 94.1 Å². The molecule has 0 bridgehead atoms. The molecule has 0 fully saturated rings. The highest BCUT2D eigenvalue weighted by atomic mass is 16.3. The zero-order valence-corrected chi connectivity index (χ0v) is 25.8. The van der Waals surface area contributed by atoms with Crippen LogP contribution in [0.4, 0.5) is 0 Å². The van der Waals surface area contributed by atoms with Crippen LogP contribution in [0.1, 0.15) is 0 Å². The molecule has 0 aliphatic rings. The van der Waals surface area contributed by atoms with E-state index in [1.165, 1.54) is 27.2 Å². The molecule has 0 aliphatic carbocycles. The number of nitrogens with zero attached hydrogens (tertiary/aromatic N) is 3. The Labute approximate surface area is 276 Å². The molecule has 0 atom stereocenters. The van der Waals surface area contributed by atoms with Crippen LogP contribution >= 0.6 is 0 Å². The largest absolute Gasteiger partial charge is 0.436 e. The molecule has 0 saturated carbocycles. The van der Waals surface area contributed by atoms with Crippen LogP contribution in [0.15, 0.2) is 168 Å². The summed E-state index contributed by atoms with van der Waals surface area (Å²) in [5.74, 6) is 0.627. The van der Waals surface area contributed by atoms with E-state index in [1.54, 1.807) is 0 Å². The second-order valence-corrected chi connectivity index (χ2v) is 12.2. The minimum Gasteiger partial charge on any atom is -0.436 e. The molecule has 0 unspecified atom stereocenters. The molecule has 3 heterocycles. The van der Waals surface area contributed by atoms with Crippen LogP contribution in [-0.2, 0) is 0 Å². The van der Waals surface area contributed by atoms with Gasteiger partial charge in [-0.1, -0.05) is 97.1 Å². The third-order valence-electron chi connectivity index (χ3n) is 9.40. The maximum absolute atomic E-state index is 6.02. The van der Waals surface area contributed by atoms with E-state index in [0.29, 0.717) is 5.89 Å². The number of para-hydroxylation sites is 5. The molecule has 3 aromatic heterocycles. The van der Waals surface area contributed by atoms with Gasteiger partial charge in [0.15, 0.2) is 5.58 Å². The Morgan fingerprint density at radius 2 is 1.10 bits per heavy atom. The summed E-state index contributed by atoms with van der Waals surface area (Å²) in [4.78, 5) is 9.99. The fourth-order valence-corrected chi connectivity index (χ4v) is 7.14. The second-order valence-electron chi connectivity index (χ2n) is 12.2. The summed E-state index contributed by atoms with van der Waals surface area (Å²) in [5.41, 5.74) is 11.4. The fourth-order valence-electron chi connectivity index (χ4n) is 7.14. The van der Waals surface area contributed by atoms with E-state index in [0.717, 1.165) is 61.0 Å². The topological polar surface area (TPSA) is 43.9 Å². The van der Waals surface area contributed by atoms with Crippen molar-refractivity contribution < 1.29 is 4.42 Å². The number of fused-ring (bicyclic) bond motifs is 7. The van der Waals surface area contributed by atoms with Crippen LogP contribution in [0.2, 0.25) is 0 Å². The zero-order chi connectivity index (χ0) is 31.6. The van der Waals surface area contributed by atoms with Gasteiger partial charge in [-0.05, 0) is 83.2 Å². The lowest BCUT2D eigenvalue weighted by atomic mass is 9.95. The van der Waals surface area contributed by atoms with Crippen molar-refractivity contribution in [2.45, 2.75) is 0 Å². The van der Waals surface area contributed by atoms with Crippen LogP contribution < -0.4 is 0 Å². The molecule has 0 aliphatic heterocycles. The summed E-state index contributed by atoms with van der Waals surface area (Å²) < 4.78 is 8.39. The van der Waals surface area contributed by atoms with E-state index in [-0.39, 0.29) is 0 Å². The minimum absolute atomic E-state index is 0.627. The van der Waals surface area contributed by atoms with Gasteiger partial charge in [0, 0.05) is 38.4 Å². The second kappa shape index (κ2) is 10.5. The van der Waals surface area contributed by atoms with E-state index in [4.69, 9.17) is 9.40 Å². The first-order chi connectivity index (χ1) is 23.8. The van der Waals surface area contributed by atoms with Gasteiger partial charge in [0.2, 0.25) is 5.89 Å². The number of oxazole rings is 1. The first-order valence-electron chi connectivity index (χ1n) is 16.2. The van der Waals surface area contributed by atoms with E-state index >= 15 is 0 Å². The molecule has 0 amide bonds. The normalized spacial score (nSPS) is 11.8. The molecule has 7 aromatic carbocycles. The Morgan fingerprint density at radius 3 is 1.96 bits per heavy atom. The third kappa shape index (κ3) is 4.16. The first-order valence-corrected chi connectivity index (χ1v) is 16.2. The number of pyridine rings is 1. The SMILES string of the molecule is c1ccc(-n2c3ccccc3c3cc4c(cc32)c(-c2cccc(-c3ccc(-c5nc6ccccc6o5)cc3)c2)nc2ccccc24)cc1. The predicted molar refractivity (Wildman–Crippen MR) is 197 cm³/mol. The van der Waals surface area contributed by atoms with Crippen LogP contribution in [0, 0.1) is 0 Å². The number of rotatable bonds is 4. The number of hydrogen-bond acceptors (Lipinski definition) is 3. The van der Waals surface area contributed by atoms with E-state index < -0.39 is 0 Å². The van der Waals surface area contributed by atoms with Gasteiger partial charge in [-0.3, -0.25) is 0 Å². The lowest BCUT2D eigenvalue weighted by molar-refractivity contribution is 0.620. The Morgan fingerprint density at radius 1 is 0.396 bits per heavy atom. The van der Waals surface area contributed by atoms with E-state index in [9.17, 15) is 0 Å². The van der Waals surface area contributed by atoms with Crippen molar-refractivity contribution in [2.75, 3.05) is 0 Å². The Kier molecular flexibility index (Phi) is 5.84. The summed E-state index contributed by atoms with van der Waals surface area (Å²) in [5, 5.41) is 5.96. The quantitative estimate of drug-likeness (QED) is 0.186. The summed E-state index contributed by atoms with van der Waals surface area (Å²) in [6.07, 6.45) is 0. The summed E-state index contributed by atoms with van der Waals surface area (Å²) >= 11 is 0. The van der Waals surface area contributed by atoms with Crippen molar-refractivity contribution in [2.24, 2.45) is 0 Å². The highest BCUT2D eigenvalue weighted by molar-refractivity contribution is 6.20. The van der Waals surface area contributed by atoms with Crippen molar-refractivity contribution >= 4 is 54.6 Å². The number of hydrogen-bond donors (Lipinski definition) is 0. The Hall–Kier alpha value is -6.52. The third-order valence-corrected chi connectivity index (χ3v) is 9.40. The van der Waals surface area contributed by atoms with Crippen molar-refractivity contribution in [1.29, 1.82) is 0 Å². The van der Waals surface area contributed by atoms with Gasteiger partial charge in [0.05, 0.1) is 22.2 Å². The summed E-state index contributed by atoms with van der Waals surface area (Å²) in [6, 6.07) is 57.5. The highest BCUT2D eigenvalue weighted by Gasteiger charge is 2.18. The molecule has 0 spiro atoms. The van der Waals surface area contributed by atoms with Crippen molar-refractivity contribution in [3.63, 3.8) is 0 Å². The molecule has 0 saturated heterocycles. The van der Waals surface area contributed by atoms with Crippen molar-refractivity contribution in [3.8, 4) is 39.5 Å². The summed E-state index contributed by atoms with van der Waals surface area (Å²) in [7, 11) is 0. The maximum Gasteiger partial charge on any atom is 0.227 e. The van der Waals surface area contributed by atoms with E-state index in [1.807, 2.05) is 24.3 Å². The first kappa shape index (κ1) is 26.7.